The second-order valence-electron chi connectivity index (χ2n) is 13.2. The summed E-state index contributed by atoms with van der Waals surface area (Å²) >= 11 is 0. The molecule has 1 fully saturated rings. The Morgan fingerprint density at radius 1 is 0.645 bits per heavy atom. The van der Waals surface area contributed by atoms with Gasteiger partial charge in [-0.25, -0.2) is 0 Å². The van der Waals surface area contributed by atoms with E-state index in [0.29, 0.717) is 6.42 Å². The van der Waals surface area contributed by atoms with Gasteiger partial charge in [-0.1, -0.05) is 95.0 Å². The van der Waals surface area contributed by atoms with E-state index in [1.165, 1.54) is 44.9 Å². The molecule has 1 rings (SSSR count). The van der Waals surface area contributed by atoms with Crippen molar-refractivity contribution in [3.8, 4) is 142 Å². The number of ether oxygens (including phenoxy) is 2. The van der Waals surface area contributed by atoms with Crippen molar-refractivity contribution in [2.24, 2.45) is 5.11 Å². The first-order valence-electron chi connectivity index (χ1n) is 20.2. The second-order valence-corrected chi connectivity index (χ2v) is 13.2. The highest BCUT2D eigenvalue weighted by molar-refractivity contribution is 5.94. The van der Waals surface area contributed by atoms with Crippen LogP contribution in [0.25, 0.3) is 10.4 Å². The molecule has 12 nitrogen and oxygen atoms in total. The van der Waals surface area contributed by atoms with Gasteiger partial charge in [0.2, 0.25) is 0 Å². The monoisotopic (exact) mass is 834 g/mol. The lowest BCUT2D eigenvalue weighted by Crippen LogP contribution is -2.60. The van der Waals surface area contributed by atoms with Gasteiger partial charge in [0.25, 0.3) is 5.91 Å². The summed E-state index contributed by atoms with van der Waals surface area (Å²) in [5, 5.41) is 58.8. The number of nitrogens with one attached hydrogen (secondary N) is 1. The van der Waals surface area contributed by atoms with Crippen LogP contribution in [-0.2, 0) is 14.3 Å². The number of carbonyl (C=O) groups excluding carboxylic acids is 1. The molecule has 1 heterocycles. The highest BCUT2D eigenvalue weighted by Gasteiger charge is 2.44. The summed E-state index contributed by atoms with van der Waals surface area (Å²) in [6, 6.07) is -1.25. The minimum Gasteiger partial charge on any atom is -0.390 e. The summed E-state index contributed by atoms with van der Waals surface area (Å²) in [6.07, 6.45) is 3.31. The first-order valence-corrected chi connectivity index (χ1v) is 20.2. The number of aliphatic hydroxyl groups excluding tert-OH is 5. The predicted octanol–water partition coefficient (Wildman–Crippen LogP) is 2.48. The molecule has 0 bridgehead atoms. The van der Waals surface area contributed by atoms with Crippen LogP contribution in [0.4, 0.5) is 0 Å². The molecular formula is C50H50N4O8. The Labute approximate surface area is 367 Å². The van der Waals surface area contributed by atoms with Crippen LogP contribution in [0.5, 0.6) is 0 Å². The molecule has 318 valence electrons. The topological polar surface area (TPSA) is 197 Å². The molecule has 1 aliphatic rings. The molecule has 62 heavy (non-hydrogen) atoms. The Morgan fingerprint density at radius 3 is 1.50 bits per heavy atom. The van der Waals surface area contributed by atoms with E-state index in [4.69, 9.17) is 15.0 Å². The van der Waals surface area contributed by atoms with Crippen LogP contribution in [0.1, 0.15) is 97.3 Å². The van der Waals surface area contributed by atoms with Gasteiger partial charge in [0.15, 0.2) is 6.29 Å². The fraction of sp³-hybridized carbons (Fsp3) is 0.500. The zero-order chi connectivity index (χ0) is 45.3. The van der Waals surface area contributed by atoms with E-state index < -0.39 is 61.5 Å². The lowest BCUT2D eigenvalue weighted by molar-refractivity contribution is -0.296. The largest absolute Gasteiger partial charge is 0.390 e. The zero-order valence-corrected chi connectivity index (χ0v) is 35.0. The molecule has 1 aliphatic heterocycles. The molecule has 0 aliphatic carbocycles. The Balaban J connectivity index is 2.80. The average Bonchev–Trinajstić information content (AvgIpc) is 3.27. The first-order chi connectivity index (χ1) is 30.3. The van der Waals surface area contributed by atoms with Crippen LogP contribution in [-0.4, -0.2) is 93.5 Å². The van der Waals surface area contributed by atoms with Gasteiger partial charge in [-0.05, 0) is 114 Å². The van der Waals surface area contributed by atoms with E-state index in [9.17, 15) is 30.3 Å². The van der Waals surface area contributed by atoms with Gasteiger partial charge in [0.05, 0.1) is 31.4 Å². The third-order valence-electron chi connectivity index (χ3n) is 8.52. The number of nitrogens with zero attached hydrogens (tertiary/aromatic N) is 3. The van der Waals surface area contributed by atoms with Crippen molar-refractivity contribution < 1.29 is 39.8 Å². The first kappa shape index (κ1) is 53.2. The predicted molar refractivity (Wildman–Crippen MR) is 235 cm³/mol. The van der Waals surface area contributed by atoms with Crippen LogP contribution in [0.3, 0.4) is 0 Å². The quantitative estimate of drug-likeness (QED) is 0.0334. The van der Waals surface area contributed by atoms with E-state index >= 15 is 0 Å². The Kier molecular flexibility index (Phi) is 32.0. The molecular weight excluding hydrogens is 785 g/mol. The van der Waals surface area contributed by atoms with Crippen LogP contribution in [0, 0.1) is 142 Å². The van der Waals surface area contributed by atoms with E-state index in [2.05, 4.69) is 164 Å². The number of carbonyl (C=O) groups is 1. The number of rotatable bonds is 21. The maximum atomic E-state index is 12.7. The third kappa shape index (κ3) is 27.1. The molecule has 6 N–H and O–H groups in total. The highest BCUT2D eigenvalue weighted by atomic mass is 16.7. The number of hydrogen-bond acceptors (Lipinski definition) is 9. The van der Waals surface area contributed by atoms with E-state index in [1.807, 2.05) is 0 Å². The Hall–Kier alpha value is -6.78. The Morgan fingerprint density at radius 2 is 1.06 bits per heavy atom. The average molecular weight is 835 g/mol. The molecule has 0 aromatic carbocycles. The van der Waals surface area contributed by atoms with Crippen molar-refractivity contribution in [3.05, 3.63) is 10.4 Å². The second kappa shape index (κ2) is 37.2. The molecule has 0 spiro atoms. The van der Waals surface area contributed by atoms with Gasteiger partial charge in [0.1, 0.15) is 24.4 Å². The summed E-state index contributed by atoms with van der Waals surface area (Å²) in [5.41, 5.74) is 8.66. The van der Waals surface area contributed by atoms with E-state index in [-0.39, 0.29) is 13.0 Å². The van der Waals surface area contributed by atoms with Crippen molar-refractivity contribution in [3.63, 3.8) is 0 Å². The van der Waals surface area contributed by atoms with Gasteiger partial charge in [-0.15, -0.1) is 0 Å². The molecule has 8 atom stereocenters. The fourth-order valence-corrected chi connectivity index (χ4v) is 5.36. The van der Waals surface area contributed by atoms with Crippen LogP contribution < -0.4 is 5.32 Å². The van der Waals surface area contributed by atoms with Gasteiger partial charge < -0.3 is 40.3 Å². The summed E-state index contributed by atoms with van der Waals surface area (Å²) in [7, 11) is 0. The van der Waals surface area contributed by atoms with Crippen molar-refractivity contribution >= 4 is 5.91 Å². The standard InChI is InChI=1S/C50H50N4O8/c1-3-5-7-9-11-13-15-17-18-19-20-21-22-23-24-25-26-27-29-31-33-35-37-39-45(56)53-42(41-61-50-49(60)48(59)47(58)44(62-50)40-52-54-51)46(57)43(55)38-36-34-32-30-28-16-14-12-10-8-6-4-2/h42-44,46-50,55,57-60H,4,6,8,10,12,14,16,28,30,32,34,36,38,40-41H2,1-2H3,(H,53,56)/t42-,43+,44?,46-,47-,48-,49?,50-/m0/s1. The molecule has 12 heteroatoms. The van der Waals surface area contributed by atoms with Crippen molar-refractivity contribution in [2.75, 3.05) is 13.2 Å². The number of amides is 1. The summed E-state index contributed by atoms with van der Waals surface area (Å²) < 4.78 is 11.1. The Bertz CT molecular complexity index is 2280. The highest BCUT2D eigenvalue weighted by Crippen LogP contribution is 2.23. The van der Waals surface area contributed by atoms with E-state index in [1.54, 1.807) is 6.92 Å². The number of hydrogen-bond donors (Lipinski definition) is 6. The van der Waals surface area contributed by atoms with Crippen molar-refractivity contribution in [1.82, 2.24) is 5.32 Å². The van der Waals surface area contributed by atoms with E-state index in [0.717, 1.165) is 25.7 Å². The molecule has 2 unspecified atom stereocenters. The lowest BCUT2D eigenvalue weighted by atomic mass is 9.98. The van der Waals surface area contributed by atoms with Gasteiger partial charge in [-0.3, -0.25) is 4.79 Å². The minimum absolute atomic E-state index is 0.246. The molecule has 0 radical (unpaired) electrons. The zero-order valence-electron chi connectivity index (χ0n) is 35.0. The van der Waals surface area contributed by atoms with Gasteiger partial charge in [-0.2, -0.15) is 0 Å². The molecule has 0 saturated carbocycles. The molecule has 1 saturated heterocycles. The summed E-state index contributed by atoms with van der Waals surface area (Å²) in [5.74, 6) is 58.4. The summed E-state index contributed by atoms with van der Waals surface area (Å²) in [6.45, 7) is 3.01. The van der Waals surface area contributed by atoms with Gasteiger partial charge in [0, 0.05) is 46.4 Å². The minimum atomic E-state index is -1.73. The lowest BCUT2D eigenvalue weighted by Gasteiger charge is -2.40. The van der Waals surface area contributed by atoms with Crippen molar-refractivity contribution in [2.45, 2.75) is 146 Å². The third-order valence-corrected chi connectivity index (χ3v) is 8.52. The summed E-state index contributed by atoms with van der Waals surface area (Å²) in [4.78, 5) is 15.3. The van der Waals surface area contributed by atoms with Crippen LogP contribution >= 0.6 is 0 Å². The number of azide groups is 1. The normalized spacial score (nSPS) is 17.4. The maximum absolute atomic E-state index is 12.7. The molecule has 0 aromatic rings. The van der Waals surface area contributed by atoms with Crippen LogP contribution in [0.15, 0.2) is 5.11 Å². The molecule has 0 aromatic heterocycles. The number of unbranched alkanes of at least 4 members (excludes halogenated alkanes) is 11. The maximum Gasteiger partial charge on any atom is 0.297 e. The van der Waals surface area contributed by atoms with Crippen LogP contribution in [0.2, 0.25) is 0 Å². The smallest absolute Gasteiger partial charge is 0.297 e. The molecule has 1 amide bonds. The van der Waals surface area contributed by atoms with Gasteiger partial charge >= 0.3 is 0 Å². The van der Waals surface area contributed by atoms with Crippen molar-refractivity contribution in [1.29, 1.82) is 0 Å². The fourth-order valence-electron chi connectivity index (χ4n) is 5.36. The number of aliphatic hydroxyl groups is 5. The SMILES string of the molecule is CC#CC#CC#CC#CC#CC#CC#CC#CC#CC#CC#CC#CC(=O)N[C@@H](CO[C@H]1OC(CN=[N+]=[N-])[C@H](O)[C@H](O)C1O)[C@H](O)[C@H](O)CCCCCCCCCCCCCC.